The van der Waals surface area contributed by atoms with E-state index in [4.69, 9.17) is 29.2 Å². The van der Waals surface area contributed by atoms with Crippen LogP contribution in [0.2, 0.25) is 0 Å². The molecular formula is C39H73NO10. The van der Waals surface area contributed by atoms with Crippen molar-refractivity contribution in [2.75, 3.05) is 46.7 Å². The Morgan fingerprint density at radius 1 is 0.500 bits per heavy atom. The molecule has 0 aromatic carbocycles. The Labute approximate surface area is 303 Å². The molecule has 0 aromatic rings. The predicted octanol–water partition coefficient (Wildman–Crippen LogP) is 8.24. The molecular weight excluding hydrogens is 642 g/mol. The molecule has 0 saturated carbocycles. The number of aliphatic carboxylic acids is 1. The SMILES string of the molecule is COCCCCCCCCC(=O)COCCOCCNC(=O)CCCCC(=O)CCCCCCCCCCCCCCCCC(=O)O.O=CO. The number of unbranched alkanes of at least 4 members (excludes halogenated alkanes) is 19. The van der Waals surface area contributed by atoms with Crippen molar-refractivity contribution in [3.05, 3.63) is 0 Å². The Bertz CT molecular complexity index is 793. The fourth-order valence-corrected chi connectivity index (χ4v) is 5.56. The van der Waals surface area contributed by atoms with Crippen LogP contribution in [0.1, 0.15) is 173 Å². The first kappa shape index (κ1) is 49.7. The molecule has 0 fully saturated rings. The van der Waals surface area contributed by atoms with Gasteiger partial charge in [0.1, 0.15) is 12.4 Å². The van der Waals surface area contributed by atoms with Gasteiger partial charge in [0.2, 0.25) is 5.91 Å². The number of carboxylic acid groups (broad SMARTS) is 2. The van der Waals surface area contributed by atoms with E-state index >= 15 is 0 Å². The Kier molecular flexibility index (Phi) is 42.6. The van der Waals surface area contributed by atoms with Crippen molar-refractivity contribution in [3.63, 3.8) is 0 Å². The molecule has 0 spiro atoms. The highest BCUT2D eigenvalue weighted by Gasteiger charge is 2.06. The molecule has 11 heteroatoms. The number of carbonyl (C=O) groups excluding carboxylic acids is 3. The molecule has 0 heterocycles. The van der Waals surface area contributed by atoms with E-state index in [9.17, 15) is 19.2 Å². The summed E-state index contributed by atoms with van der Waals surface area (Å²) in [4.78, 5) is 54.9. The number of hydrogen-bond donors (Lipinski definition) is 3. The lowest BCUT2D eigenvalue weighted by Gasteiger charge is -2.07. The van der Waals surface area contributed by atoms with E-state index in [0.29, 0.717) is 64.3 Å². The van der Waals surface area contributed by atoms with Crippen LogP contribution in [0.3, 0.4) is 0 Å². The van der Waals surface area contributed by atoms with Gasteiger partial charge in [-0.2, -0.15) is 0 Å². The van der Waals surface area contributed by atoms with Gasteiger partial charge in [0.25, 0.3) is 6.47 Å². The molecule has 0 aliphatic heterocycles. The quantitative estimate of drug-likeness (QED) is 0.0417. The number of methoxy groups -OCH3 is 1. The predicted molar refractivity (Wildman–Crippen MR) is 198 cm³/mol. The molecule has 0 bridgehead atoms. The van der Waals surface area contributed by atoms with Gasteiger partial charge in [-0.1, -0.05) is 103 Å². The van der Waals surface area contributed by atoms with Crippen LogP contribution in [0.15, 0.2) is 0 Å². The van der Waals surface area contributed by atoms with Crippen molar-refractivity contribution in [3.8, 4) is 0 Å². The minimum absolute atomic E-state index is 0.0113. The molecule has 0 aliphatic rings. The maximum atomic E-state index is 12.1. The number of nitrogens with one attached hydrogen (secondary N) is 1. The Morgan fingerprint density at radius 2 is 0.880 bits per heavy atom. The number of ketones is 2. The Balaban J connectivity index is 0. The third-order valence-electron chi connectivity index (χ3n) is 8.46. The van der Waals surface area contributed by atoms with Crippen molar-refractivity contribution in [1.29, 1.82) is 0 Å². The largest absolute Gasteiger partial charge is 0.483 e. The fourth-order valence-electron chi connectivity index (χ4n) is 5.56. The van der Waals surface area contributed by atoms with E-state index in [1.165, 1.54) is 70.6 Å². The Hall–Kier alpha value is -2.37. The van der Waals surface area contributed by atoms with Crippen LogP contribution in [0.4, 0.5) is 0 Å². The second-order valence-corrected chi connectivity index (χ2v) is 13.1. The normalized spacial score (nSPS) is 10.7. The third-order valence-corrected chi connectivity index (χ3v) is 8.46. The summed E-state index contributed by atoms with van der Waals surface area (Å²) in [6.45, 7) is 2.34. The van der Waals surface area contributed by atoms with Gasteiger partial charge in [-0.3, -0.25) is 24.0 Å². The zero-order valence-corrected chi connectivity index (χ0v) is 31.6. The summed E-state index contributed by atoms with van der Waals surface area (Å²) in [6, 6.07) is 0. The highest BCUT2D eigenvalue weighted by Crippen LogP contribution is 2.14. The number of ether oxygens (including phenoxy) is 3. The summed E-state index contributed by atoms with van der Waals surface area (Å²) in [5.74, 6) is -0.244. The lowest BCUT2D eigenvalue weighted by atomic mass is 10.0. The molecule has 0 atom stereocenters. The summed E-state index contributed by atoms with van der Waals surface area (Å²) in [7, 11) is 1.73. The number of carbonyl (C=O) groups is 5. The Morgan fingerprint density at radius 3 is 1.36 bits per heavy atom. The molecule has 50 heavy (non-hydrogen) atoms. The summed E-state index contributed by atoms with van der Waals surface area (Å²) in [6.07, 6.45) is 27.2. The number of amides is 1. The molecule has 11 nitrogen and oxygen atoms in total. The molecule has 0 saturated heterocycles. The van der Waals surface area contributed by atoms with Gasteiger partial charge >= 0.3 is 5.97 Å². The summed E-state index contributed by atoms with van der Waals surface area (Å²) < 4.78 is 15.9. The molecule has 0 unspecified atom stereocenters. The topological polar surface area (TPSA) is 166 Å². The van der Waals surface area contributed by atoms with Crippen molar-refractivity contribution >= 4 is 29.9 Å². The lowest BCUT2D eigenvalue weighted by Crippen LogP contribution is -2.27. The van der Waals surface area contributed by atoms with Crippen LogP contribution in [0.25, 0.3) is 0 Å². The molecule has 294 valence electrons. The van der Waals surface area contributed by atoms with Crippen LogP contribution in [-0.2, 0) is 38.2 Å². The van der Waals surface area contributed by atoms with Crippen LogP contribution in [0, 0.1) is 0 Å². The molecule has 0 radical (unpaired) electrons. The molecule has 0 rings (SSSR count). The van der Waals surface area contributed by atoms with E-state index < -0.39 is 5.97 Å². The van der Waals surface area contributed by atoms with E-state index in [1.54, 1.807) is 7.11 Å². The summed E-state index contributed by atoms with van der Waals surface area (Å²) >= 11 is 0. The van der Waals surface area contributed by atoms with Gasteiger partial charge < -0.3 is 29.7 Å². The van der Waals surface area contributed by atoms with Gasteiger partial charge in [0.05, 0.1) is 19.8 Å². The van der Waals surface area contributed by atoms with Crippen molar-refractivity contribution in [2.24, 2.45) is 0 Å². The third kappa shape index (κ3) is 45.6. The van der Waals surface area contributed by atoms with Crippen molar-refractivity contribution in [1.82, 2.24) is 5.32 Å². The van der Waals surface area contributed by atoms with Crippen LogP contribution in [-0.4, -0.2) is 86.8 Å². The van der Waals surface area contributed by atoms with Crippen LogP contribution >= 0.6 is 0 Å². The molecule has 0 aliphatic carbocycles. The number of Topliss-reactive ketones (excluding diaryl/α,β-unsaturated/α-hetero) is 2. The lowest BCUT2D eigenvalue weighted by molar-refractivity contribution is -0.137. The molecule has 1 amide bonds. The highest BCUT2D eigenvalue weighted by atomic mass is 16.5. The molecule has 3 N–H and O–H groups in total. The van der Waals surface area contributed by atoms with Gasteiger partial charge in [-0.15, -0.1) is 0 Å². The molecule has 0 aromatic heterocycles. The average molecular weight is 716 g/mol. The first-order chi connectivity index (χ1) is 24.4. The number of rotatable bonds is 39. The minimum Gasteiger partial charge on any atom is -0.483 e. The summed E-state index contributed by atoms with van der Waals surface area (Å²) in [5.41, 5.74) is 0. The van der Waals surface area contributed by atoms with Gasteiger partial charge in [-0.25, -0.2) is 0 Å². The fraction of sp³-hybridized carbons (Fsp3) is 0.872. The van der Waals surface area contributed by atoms with E-state index in [1.807, 2.05) is 0 Å². The van der Waals surface area contributed by atoms with Crippen LogP contribution < -0.4 is 5.32 Å². The van der Waals surface area contributed by atoms with E-state index in [2.05, 4.69) is 5.32 Å². The second kappa shape index (κ2) is 42.8. The number of hydrogen-bond acceptors (Lipinski definition) is 8. The monoisotopic (exact) mass is 716 g/mol. The zero-order valence-electron chi connectivity index (χ0n) is 31.6. The van der Waals surface area contributed by atoms with Crippen molar-refractivity contribution in [2.45, 2.75) is 173 Å². The second-order valence-electron chi connectivity index (χ2n) is 13.1. The first-order valence-electron chi connectivity index (χ1n) is 19.6. The smallest absolute Gasteiger partial charge is 0.303 e. The van der Waals surface area contributed by atoms with E-state index in [-0.39, 0.29) is 24.8 Å². The number of carboxylic acids is 1. The minimum atomic E-state index is -0.685. The maximum absolute atomic E-state index is 12.1. The zero-order chi connectivity index (χ0) is 37.2. The van der Waals surface area contributed by atoms with E-state index in [0.717, 1.165) is 77.2 Å². The summed E-state index contributed by atoms with van der Waals surface area (Å²) in [5, 5.41) is 18.4. The van der Waals surface area contributed by atoms with Crippen LogP contribution in [0.5, 0.6) is 0 Å². The van der Waals surface area contributed by atoms with Crippen molar-refractivity contribution < 1.29 is 48.4 Å². The van der Waals surface area contributed by atoms with Gasteiger partial charge in [-0.05, 0) is 38.5 Å². The first-order valence-corrected chi connectivity index (χ1v) is 19.6. The average Bonchev–Trinajstić information content (AvgIpc) is 3.09. The standard InChI is InChI=1S/C38H71NO8.CH2O2/c1-45-30-23-17-13-12-15-19-26-36(41)34-47-33-32-46-31-29-39-37(42)27-22-21-25-35(40)24-18-14-10-8-6-4-2-3-5-7-9-11-16-20-28-38(43)44;2-1-3/h2-34H2,1H3,(H,39,42)(H,43,44);1H,(H,2,3). The van der Waals surface area contributed by atoms with Gasteiger partial charge in [0.15, 0.2) is 5.78 Å². The maximum Gasteiger partial charge on any atom is 0.303 e. The highest BCUT2D eigenvalue weighted by molar-refractivity contribution is 5.79. The van der Waals surface area contributed by atoms with Gasteiger partial charge in [0, 0.05) is 52.4 Å².